The minimum atomic E-state index is -2.96. The second kappa shape index (κ2) is 8.91. The maximum Gasteiger partial charge on any atom is 0.316 e. The van der Waals surface area contributed by atoms with Crippen LogP contribution < -0.4 is 5.32 Å². The van der Waals surface area contributed by atoms with E-state index in [0.717, 1.165) is 5.56 Å². The van der Waals surface area contributed by atoms with Gasteiger partial charge < -0.3 is 10.1 Å². The van der Waals surface area contributed by atoms with Gasteiger partial charge in [0.1, 0.15) is 0 Å². The van der Waals surface area contributed by atoms with Gasteiger partial charge in [-0.1, -0.05) is 23.7 Å². The second-order valence-electron chi connectivity index (χ2n) is 5.84. The van der Waals surface area contributed by atoms with Crippen LogP contribution in [0.25, 0.3) is 0 Å². The Morgan fingerprint density at radius 1 is 1.44 bits per heavy atom. The van der Waals surface area contributed by atoms with Gasteiger partial charge in [0.2, 0.25) is 0 Å². The maximum absolute atomic E-state index is 11.9. The molecule has 0 radical (unpaired) electrons. The van der Waals surface area contributed by atoms with E-state index in [1.54, 1.807) is 18.2 Å². The number of thioether (sulfide) groups is 1. The number of ether oxygens (including phenoxy) is 1. The van der Waals surface area contributed by atoms with Crippen molar-refractivity contribution in [3.05, 3.63) is 34.9 Å². The number of benzene rings is 1. The van der Waals surface area contributed by atoms with Crippen molar-refractivity contribution < 1.29 is 22.7 Å². The van der Waals surface area contributed by atoms with Crippen LogP contribution in [0.5, 0.6) is 0 Å². The third-order valence-corrected chi connectivity index (χ3v) is 7.21. The van der Waals surface area contributed by atoms with Crippen LogP contribution in [0, 0.1) is 0 Å². The monoisotopic (exact) mass is 405 g/mol. The van der Waals surface area contributed by atoms with Crippen LogP contribution >= 0.6 is 23.4 Å². The molecule has 9 heteroatoms. The number of carbonyl (C=O) groups is 2. The van der Waals surface area contributed by atoms with Gasteiger partial charge in [-0.3, -0.25) is 9.59 Å². The molecule has 25 heavy (non-hydrogen) atoms. The van der Waals surface area contributed by atoms with Crippen LogP contribution in [0.4, 0.5) is 0 Å². The van der Waals surface area contributed by atoms with Crippen molar-refractivity contribution in [2.24, 2.45) is 0 Å². The fraction of sp³-hybridized carbons (Fsp3) is 0.500. The minimum Gasteiger partial charge on any atom is -0.455 e. The first-order chi connectivity index (χ1) is 11.7. The van der Waals surface area contributed by atoms with Crippen LogP contribution in [0.15, 0.2) is 24.3 Å². The summed E-state index contributed by atoms with van der Waals surface area (Å²) in [6.45, 7) is 1.44. The van der Waals surface area contributed by atoms with Crippen molar-refractivity contribution >= 4 is 45.1 Å². The molecule has 0 aliphatic carbocycles. The Bertz CT molecular complexity index is 738. The highest BCUT2D eigenvalue weighted by molar-refractivity contribution is 8.02. The summed E-state index contributed by atoms with van der Waals surface area (Å²) in [6.07, 6.45) is 0.553. The number of halogens is 1. The van der Waals surface area contributed by atoms with E-state index in [-0.39, 0.29) is 35.2 Å². The quantitative estimate of drug-likeness (QED) is 0.697. The van der Waals surface area contributed by atoms with Crippen LogP contribution in [-0.2, 0) is 24.2 Å². The van der Waals surface area contributed by atoms with E-state index in [9.17, 15) is 18.0 Å². The largest absolute Gasteiger partial charge is 0.455 e. The molecule has 0 aromatic heterocycles. The van der Waals surface area contributed by atoms with Crippen molar-refractivity contribution in [1.29, 1.82) is 0 Å². The number of hydrogen-bond donors (Lipinski definition) is 1. The molecule has 0 saturated carbocycles. The molecule has 1 fully saturated rings. The molecule has 138 valence electrons. The fourth-order valence-corrected chi connectivity index (χ4v) is 6.05. The number of rotatable bonds is 7. The number of esters is 1. The third kappa shape index (κ3) is 6.87. The molecule has 2 atom stereocenters. The summed E-state index contributed by atoms with van der Waals surface area (Å²) in [5.74, 6) is -0.627. The first-order valence-corrected chi connectivity index (χ1v) is 11.0. The van der Waals surface area contributed by atoms with Crippen molar-refractivity contribution in [2.45, 2.75) is 24.6 Å². The summed E-state index contributed by atoms with van der Waals surface area (Å²) < 4.78 is 27.6. The lowest BCUT2D eigenvalue weighted by Gasteiger charge is -2.15. The van der Waals surface area contributed by atoms with Crippen LogP contribution in [0.1, 0.15) is 24.9 Å². The Morgan fingerprint density at radius 3 is 2.84 bits per heavy atom. The van der Waals surface area contributed by atoms with E-state index in [0.29, 0.717) is 11.4 Å². The Kier molecular flexibility index (Phi) is 7.15. The Hall–Kier alpha value is -1.25. The van der Waals surface area contributed by atoms with Gasteiger partial charge in [-0.2, -0.15) is 0 Å². The maximum atomic E-state index is 11.9. The summed E-state index contributed by atoms with van der Waals surface area (Å²) >= 11 is 7.17. The highest BCUT2D eigenvalue weighted by Gasteiger charge is 2.28. The average molecular weight is 406 g/mol. The van der Waals surface area contributed by atoms with Crippen LogP contribution in [0.3, 0.4) is 0 Å². The molecule has 0 bridgehead atoms. The van der Waals surface area contributed by atoms with Gasteiger partial charge in [0.05, 0.1) is 23.3 Å². The number of carbonyl (C=O) groups excluding carboxylic acids is 2. The third-order valence-electron chi connectivity index (χ3n) is 3.72. The lowest BCUT2D eigenvalue weighted by molar-refractivity contribution is -0.146. The normalized spacial score (nSPS) is 20.0. The zero-order valence-corrected chi connectivity index (χ0v) is 16.1. The van der Waals surface area contributed by atoms with Gasteiger partial charge in [0, 0.05) is 10.3 Å². The topological polar surface area (TPSA) is 89.5 Å². The predicted molar refractivity (Wildman–Crippen MR) is 98.5 cm³/mol. The summed E-state index contributed by atoms with van der Waals surface area (Å²) in [5, 5.41) is 3.23. The molecule has 1 saturated heterocycles. The van der Waals surface area contributed by atoms with Crippen molar-refractivity contribution in [2.75, 3.05) is 23.9 Å². The zero-order chi connectivity index (χ0) is 18.4. The molecule has 1 amide bonds. The second-order valence-corrected chi connectivity index (χ2v) is 9.79. The molecule has 0 spiro atoms. The highest BCUT2D eigenvalue weighted by atomic mass is 35.5. The molecule has 6 nitrogen and oxygen atoms in total. The fourth-order valence-electron chi connectivity index (χ4n) is 2.41. The summed E-state index contributed by atoms with van der Waals surface area (Å²) in [5.41, 5.74) is 0.852. The zero-order valence-electron chi connectivity index (χ0n) is 13.7. The van der Waals surface area contributed by atoms with Gasteiger partial charge in [0.15, 0.2) is 16.4 Å². The summed E-state index contributed by atoms with van der Waals surface area (Å²) in [7, 11) is -2.96. The number of nitrogens with one attached hydrogen (secondary N) is 1. The summed E-state index contributed by atoms with van der Waals surface area (Å²) in [4.78, 5) is 23.5. The molecule has 1 aliphatic rings. The average Bonchev–Trinajstić information content (AvgIpc) is 2.90. The Balaban J connectivity index is 1.68. The van der Waals surface area contributed by atoms with Crippen molar-refractivity contribution in [3.8, 4) is 0 Å². The van der Waals surface area contributed by atoms with Crippen molar-refractivity contribution in [3.63, 3.8) is 0 Å². The number of amides is 1. The van der Waals surface area contributed by atoms with Gasteiger partial charge in [0.25, 0.3) is 5.91 Å². The molecule has 2 rings (SSSR count). The highest BCUT2D eigenvalue weighted by Crippen LogP contribution is 2.24. The first-order valence-electron chi connectivity index (χ1n) is 7.77. The van der Waals surface area contributed by atoms with E-state index < -0.39 is 21.7 Å². The molecule has 1 aromatic rings. The molecular formula is C16H20ClNO5S2. The van der Waals surface area contributed by atoms with Gasteiger partial charge in [-0.05, 0) is 31.0 Å². The molecular weight excluding hydrogens is 386 g/mol. The van der Waals surface area contributed by atoms with E-state index >= 15 is 0 Å². The van der Waals surface area contributed by atoms with Crippen LogP contribution in [-0.4, -0.2) is 49.4 Å². The Labute approximate surface area is 156 Å². The SMILES string of the molecule is C[C@H](NC(=O)COC(=O)CS[C@@H]1CCS(=O)(=O)C1)c1cccc(Cl)c1. The predicted octanol–water partition coefficient (Wildman–Crippen LogP) is 1.98. The smallest absolute Gasteiger partial charge is 0.316 e. The summed E-state index contributed by atoms with van der Waals surface area (Å²) in [6, 6.07) is 6.87. The van der Waals surface area contributed by atoms with Crippen LogP contribution in [0.2, 0.25) is 5.02 Å². The van der Waals surface area contributed by atoms with Gasteiger partial charge >= 0.3 is 5.97 Å². The van der Waals surface area contributed by atoms with Gasteiger partial charge in [-0.25, -0.2) is 8.42 Å². The molecule has 1 aromatic carbocycles. The molecule has 0 unspecified atom stereocenters. The standard InChI is InChI=1S/C16H20ClNO5S2/c1-11(12-3-2-4-13(17)7-12)18-15(19)8-23-16(20)9-24-14-5-6-25(21,22)10-14/h2-4,7,11,14H,5-6,8-10H2,1H3,(H,18,19)/t11-,14+/m0/s1. The minimum absolute atomic E-state index is 0.0390. The Morgan fingerprint density at radius 2 is 2.20 bits per heavy atom. The van der Waals surface area contributed by atoms with E-state index in [4.69, 9.17) is 16.3 Å². The van der Waals surface area contributed by atoms with E-state index in [1.807, 2.05) is 13.0 Å². The van der Waals surface area contributed by atoms with E-state index in [2.05, 4.69) is 5.32 Å². The molecule has 1 aliphatic heterocycles. The lowest BCUT2D eigenvalue weighted by atomic mass is 10.1. The molecule has 1 N–H and O–H groups in total. The number of hydrogen-bond acceptors (Lipinski definition) is 6. The molecule has 1 heterocycles. The number of sulfone groups is 1. The van der Waals surface area contributed by atoms with E-state index in [1.165, 1.54) is 11.8 Å². The van der Waals surface area contributed by atoms with Crippen molar-refractivity contribution in [1.82, 2.24) is 5.32 Å². The first kappa shape index (κ1) is 20.1. The van der Waals surface area contributed by atoms with Gasteiger partial charge in [-0.15, -0.1) is 11.8 Å². The lowest BCUT2D eigenvalue weighted by Crippen LogP contribution is -2.31.